The van der Waals surface area contributed by atoms with Crippen LogP contribution in [0.15, 0.2) is 158 Å². The molecule has 0 saturated carbocycles. The van der Waals surface area contributed by atoms with Gasteiger partial charge in [0.25, 0.3) is 0 Å². The number of hydrogen-bond acceptors (Lipinski definition) is 5. The quantitative estimate of drug-likeness (QED) is 0.193. The van der Waals surface area contributed by atoms with Crippen LogP contribution in [-0.2, 0) is 0 Å². The zero-order chi connectivity index (χ0) is 31.2. The Morgan fingerprint density at radius 3 is 1.83 bits per heavy atom. The number of hydrogen-bond donors (Lipinski definition) is 0. The molecule has 0 amide bonds. The Morgan fingerprint density at radius 2 is 1.04 bits per heavy atom. The highest BCUT2D eigenvalue weighted by Gasteiger charge is 2.18. The van der Waals surface area contributed by atoms with Gasteiger partial charge in [0, 0.05) is 33.0 Å². The standard InChI is InChI=1S/C42H26N4S/c1-3-12-28(13-4-1)40-44-41(29-14-5-2-6-15-29)46-42(45-40)35-25-30(20-22-34(35)33-18-9-16-27-11-7-8-17-32(27)33)31-21-23-37-36(26-31)39-38(47-37)19-10-24-43-39/h1-26H. The average molecular weight is 619 g/mol. The molecule has 0 spiro atoms. The van der Waals surface area contributed by atoms with E-state index in [1.165, 1.54) is 25.6 Å². The zero-order valence-electron chi connectivity index (χ0n) is 25.2. The van der Waals surface area contributed by atoms with Crippen LogP contribution in [-0.4, -0.2) is 19.9 Å². The molecule has 47 heavy (non-hydrogen) atoms. The minimum atomic E-state index is 0.631. The Morgan fingerprint density at radius 1 is 0.383 bits per heavy atom. The number of aromatic nitrogens is 4. The summed E-state index contributed by atoms with van der Waals surface area (Å²) in [6, 6.07) is 52.7. The van der Waals surface area contributed by atoms with Crippen molar-refractivity contribution < 1.29 is 0 Å². The Kier molecular flexibility index (Phi) is 6.61. The average Bonchev–Trinajstić information content (AvgIpc) is 3.53. The molecule has 0 unspecified atom stereocenters. The second-order valence-electron chi connectivity index (χ2n) is 11.5. The van der Waals surface area contributed by atoms with Crippen molar-refractivity contribution in [2.75, 3.05) is 0 Å². The fourth-order valence-electron chi connectivity index (χ4n) is 6.31. The second-order valence-corrected chi connectivity index (χ2v) is 12.6. The molecule has 3 heterocycles. The number of fused-ring (bicyclic) bond motifs is 4. The van der Waals surface area contributed by atoms with Gasteiger partial charge in [-0.2, -0.15) is 0 Å². The monoisotopic (exact) mass is 618 g/mol. The number of nitrogens with zero attached hydrogens (tertiary/aromatic N) is 4. The summed E-state index contributed by atoms with van der Waals surface area (Å²) >= 11 is 1.78. The van der Waals surface area contributed by atoms with Crippen LogP contribution in [0.25, 0.3) is 87.5 Å². The summed E-state index contributed by atoms with van der Waals surface area (Å²) in [7, 11) is 0. The number of thiophene rings is 1. The topological polar surface area (TPSA) is 51.6 Å². The molecule has 6 aromatic carbocycles. The van der Waals surface area contributed by atoms with E-state index in [0.29, 0.717) is 17.5 Å². The minimum Gasteiger partial charge on any atom is -0.255 e. The van der Waals surface area contributed by atoms with Gasteiger partial charge in [0.2, 0.25) is 0 Å². The van der Waals surface area contributed by atoms with Crippen LogP contribution in [0.1, 0.15) is 0 Å². The van der Waals surface area contributed by atoms with Crippen LogP contribution in [0.2, 0.25) is 0 Å². The molecule has 3 aromatic heterocycles. The maximum absolute atomic E-state index is 5.15. The van der Waals surface area contributed by atoms with Crippen LogP contribution in [0, 0.1) is 0 Å². The van der Waals surface area contributed by atoms with Gasteiger partial charge >= 0.3 is 0 Å². The highest BCUT2D eigenvalue weighted by Crippen LogP contribution is 2.40. The number of pyridine rings is 1. The molecule has 9 aromatic rings. The lowest BCUT2D eigenvalue weighted by Crippen LogP contribution is -2.01. The first-order valence-corrected chi connectivity index (χ1v) is 16.4. The summed E-state index contributed by atoms with van der Waals surface area (Å²) in [5, 5.41) is 3.54. The molecule has 0 bridgehead atoms. The Balaban J connectivity index is 1.31. The van der Waals surface area contributed by atoms with Crippen molar-refractivity contribution >= 4 is 42.4 Å². The van der Waals surface area contributed by atoms with Crippen molar-refractivity contribution in [3.8, 4) is 56.4 Å². The lowest BCUT2D eigenvalue weighted by Gasteiger charge is -2.15. The van der Waals surface area contributed by atoms with E-state index in [-0.39, 0.29) is 0 Å². The zero-order valence-corrected chi connectivity index (χ0v) is 26.0. The Hall–Kier alpha value is -6.04. The lowest BCUT2D eigenvalue weighted by atomic mass is 9.91. The van der Waals surface area contributed by atoms with Crippen LogP contribution in [0.3, 0.4) is 0 Å². The highest BCUT2D eigenvalue weighted by atomic mass is 32.1. The summed E-state index contributed by atoms with van der Waals surface area (Å²) < 4.78 is 2.42. The fraction of sp³-hybridized carbons (Fsp3) is 0. The lowest BCUT2D eigenvalue weighted by molar-refractivity contribution is 1.07. The van der Waals surface area contributed by atoms with E-state index >= 15 is 0 Å². The molecule has 0 fully saturated rings. The molecular formula is C42H26N4S. The molecule has 5 heteroatoms. The van der Waals surface area contributed by atoms with Crippen molar-refractivity contribution in [1.82, 2.24) is 19.9 Å². The van der Waals surface area contributed by atoms with E-state index in [1.807, 2.05) is 72.9 Å². The molecule has 0 aliphatic carbocycles. The molecule has 0 atom stereocenters. The van der Waals surface area contributed by atoms with E-state index in [0.717, 1.165) is 44.5 Å². The van der Waals surface area contributed by atoms with E-state index < -0.39 is 0 Å². The maximum atomic E-state index is 5.15. The molecule has 0 N–H and O–H groups in total. The predicted molar refractivity (Wildman–Crippen MR) is 195 cm³/mol. The smallest absolute Gasteiger partial charge is 0.164 e. The first-order valence-electron chi connectivity index (χ1n) is 15.6. The third-order valence-electron chi connectivity index (χ3n) is 8.60. The van der Waals surface area contributed by atoms with Crippen LogP contribution >= 0.6 is 11.3 Å². The first-order chi connectivity index (χ1) is 23.3. The van der Waals surface area contributed by atoms with E-state index in [9.17, 15) is 0 Å². The predicted octanol–water partition coefficient (Wildman–Crippen LogP) is 11.1. The van der Waals surface area contributed by atoms with Gasteiger partial charge < -0.3 is 0 Å². The molecule has 0 aliphatic heterocycles. The molecule has 220 valence electrons. The molecule has 4 nitrogen and oxygen atoms in total. The fourth-order valence-corrected chi connectivity index (χ4v) is 7.35. The summed E-state index contributed by atoms with van der Waals surface area (Å²) in [5.74, 6) is 1.91. The van der Waals surface area contributed by atoms with Gasteiger partial charge in [0.05, 0.1) is 10.2 Å². The summed E-state index contributed by atoms with van der Waals surface area (Å²) in [4.78, 5) is 20.0. The van der Waals surface area contributed by atoms with Gasteiger partial charge in [-0.1, -0.05) is 121 Å². The third-order valence-corrected chi connectivity index (χ3v) is 9.72. The van der Waals surface area contributed by atoms with Gasteiger partial charge in [-0.3, -0.25) is 4.98 Å². The number of rotatable bonds is 5. The molecule has 0 saturated heterocycles. The normalized spacial score (nSPS) is 11.4. The minimum absolute atomic E-state index is 0.631. The van der Waals surface area contributed by atoms with Crippen molar-refractivity contribution in [2.24, 2.45) is 0 Å². The SMILES string of the molecule is c1ccc(-c2nc(-c3ccccc3)nc(-c3cc(-c4ccc5sc6cccnc6c5c4)ccc3-c3cccc4ccccc34)n2)cc1. The van der Waals surface area contributed by atoms with E-state index in [1.54, 1.807) is 11.3 Å². The van der Waals surface area contributed by atoms with E-state index in [4.69, 9.17) is 19.9 Å². The van der Waals surface area contributed by atoms with Gasteiger partial charge in [-0.25, -0.2) is 15.0 Å². The second kappa shape index (κ2) is 11.4. The van der Waals surface area contributed by atoms with Crippen molar-refractivity contribution in [2.45, 2.75) is 0 Å². The molecule has 9 rings (SSSR count). The molecule has 0 aliphatic rings. The first kappa shape index (κ1) is 27.3. The van der Waals surface area contributed by atoms with Crippen LogP contribution < -0.4 is 0 Å². The molecular weight excluding hydrogens is 593 g/mol. The summed E-state index contributed by atoms with van der Waals surface area (Å²) in [6.07, 6.45) is 1.87. The third kappa shape index (κ3) is 4.94. The number of benzene rings is 6. The van der Waals surface area contributed by atoms with Gasteiger partial charge in [0.1, 0.15) is 0 Å². The Bertz CT molecular complexity index is 2510. The van der Waals surface area contributed by atoms with Crippen LogP contribution in [0.5, 0.6) is 0 Å². The summed E-state index contributed by atoms with van der Waals surface area (Å²) in [6.45, 7) is 0. The largest absolute Gasteiger partial charge is 0.255 e. The Labute approximate surface area is 275 Å². The van der Waals surface area contributed by atoms with Crippen molar-refractivity contribution in [3.05, 3.63) is 158 Å². The maximum Gasteiger partial charge on any atom is 0.164 e. The van der Waals surface area contributed by atoms with Crippen molar-refractivity contribution in [1.29, 1.82) is 0 Å². The van der Waals surface area contributed by atoms with Crippen LogP contribution in [0.4, 0.5) is 0 Å². The molecule has 0 radical (unpaired) electrons. The van der Waals surface area contributed by atoms with Gasteiger partial charge in [-0.15, -0.1) is 11.3 Å². The summed E-state index contributed by atoms with van der Waals surface area (Å²) in [5.41, 5.74) is 8.29. The van der Waals surface area contributed by atoms with E-state index in [2.05, 4.69) is 84.9 Å². The van der Waals surface area contributed by atoms with Crippen molar-refractivity contribution in [3.63, 3.8) is 0 Å². The highest BCUT2D eigenvalue weighted by molar-refractivity contribution is 7.25. The van der Waals surface area contributed by atoms with Gasteiger partial charge in [0.15, 0.2) is 17.5 Å². The van der Waals surface area contributed by atoms with Gasteiger partial charge in [-0.05, 0) is 63.4 Å².